The summed E-state index contributed by atoms with van der Waals surface area (Å²) in [6, 6.07) is 0. The molecule has 204 valence electrons. The monoisotopic (exact) mass is 503 g/mol. The highest BCUT2D eigenvalue weighted by Crippen LogP contribution is 2.09. The lowest BCUT2D eigenvalue weighted by Gasteiger charge is -2.33. The molecule has 0 bridgehead atoms. The summed E-state index contributed by atoms with van der Waals surface area (Å²) in [6.45, 7) is 13.6. The van der Waals surface area contributed by atoms with Crippen LogP contribution in [0.1, 0.15) is 74.1 Å². The minimum absolute atomic E-state index is 0.158. The average molecular weight is 504 g/mol. The first-order valence-corrected chi connectivity index (χ1v) is 12.3. The Morgan fingerprint density at radius 3 is 1.66 bits per heavy atom. The molecule has 12 nitrogen and oxygen atoms in total. The molecular weight excluding hydrogens is 458 g/mol. The van der Waals surface area contributed by atoms with Crippen LogP contribution in [0.5, 0.6) is 0 Å². The predicted octanol–water partition coefficient (Wildman–Crippen LogP) is 2.67. The minimum atomic E-state index is -0.744. The summed E-state index contributed by atoms with van der Waals surface area (Å²) in [4.78, 5) is 49.6. The summed E-state index contributed by atoms with van der Waals surface area (Å²) >= 11 is 0. The van der Waals surface area contributed by atoms with Crippen LogP contribution in [0.4, 0.5) is 14.4 Å². The van der Waals surface area contributed by atoms with Crippen molar-refractivity contribution in [3.05, 3.63) is 0 Å². The lowest BCUT2D eigenvalue weighted by molar-refractivity contribution is -0.121. The van der Waals surface area contributed by atoms with Crippen LogP contribution in [0, 0.1) is 0 Å². The van der Waals surface area contributed by atoms with Crippen molar-refractivity contribution in [3.63, 3.8) is 0 Å². The van der Waals surface area contributed by atoms with E-state index in [1.54, 1.807) is 39.5 Å². The van der Waals surface area contributed by atoms with Gasteiger partial charge in [0.1, 0.15) is 5.60 Å². The Balaban J connectivity index is 4.84. The smallest absolute Gasteiger partial charge is 0.408 e. The molecule has 4 amide bonds. The maximum atomic E-state index is 12.1. The quantitative estimate of drug-likeness (QED) is 0.151. The normalized spacial score (nSPS) is 12.8. The highest BCUT2D eigenvalue weighted by Gasteiger charge is 2.26. The maximum Gasteiger partial charge on any atom is 0.408 e. The number of amides is 4. The molecule has 0 radical (unpaired) electrons. The third kappa shape index (κ3) is 17.3. The molecule has 0 rings (SSSR count). The van der Waals surface area contributed by atoms with Gasteiger partial charge in [0.25, 0.3) is 0 Å². The van der Waals surface area contributed by atoms with Crippen molar-refractivity contribution in [2.75, 3.05) is 32.7 Å². The number of alkyl carbamates (subject to hydrolysis) is 3. The molecule has 0 aliphatic rings. The van der Waals surface area contributed by atoms with Gasteiger partial charge in [-0.25, -0.2) is 19.3 Å². The molecule has 0 aromatic carbocycles. The van der Waals surface area contributed by atoms with Gasteiger partial charge >= 0.3 is 18.3 Å². The first-order chi connectivity index (χ1) is 16.4. The zero-order valence-corrected chi connectivity index (χ0v) is 22.3. The lowest BCUT2D eigenvalue weighted by atomic mass is 10.2. The molecule has 35 heavy (non-hydrogen) atoms. The van der Waals surface area contributed by atoms with E-state index >= 15 is 0 Å². The van der Waals surface area contributed by atoms with Crippen molar-refractivity contribution >= 4 is 24.2 Å². The maximum absolute atomic E-state index is 12.1. The number of rotatable bonds is 15. The molecule has 4 N–H and O–H groups in total. The van der Waals surface area contributed by atoms with Gasteiger partial charge in [-0.15, -0.1) is 0 Å². The number of unbranched alkanes of at least 4 members (excludes halogenated alkanes) is 2. The van der Waals surface area contributed by atoms with E-state index in [1.165, 1.54) is 0 Å². The third-order valence-corrected chi connectivity index (χ3v) is 4.57. The van der Waals surface area contributed by atoms with Gasteiger partial charge in [-0.2, -0.15) is 0 Å². The van der Waals surface area contributed by atoms with Crippen molar-refractivity contribution in [2.24, 2.45) is 0 Å². The van der Waals surface area contributed by atoms with E-state index in [2.05, 4.69) is 21.3 Å². The molecule has 0 fully saturated rings. The Morgan fingerprint density at radius 1 is 0.743 bits per heavy atom. The molecule has 0 saturated heterocycles. The molecule has 0 aliphatic carbocycles. The number of ether oxygens (including phenoxy) is 3. The molecule has 0 saturated carbocycles. The molecule has 2 unspecified atom stereocenters. The fourth-order valence-electron chi connectivity index (χ4n) is 2.78. The Bertz CT molecular complexity index is 625. The second-order valence-corrected chi connectivity index (χ2v) is 9.01. The van der Waals surface area contributed by atoms with Crippen LogP contribution in [0.25, 0.3) is 0 Å². The van der Waals surface area contributed by atoms with Gasteiger partial charge < -0.3 is 35.5 Å². The summed E-state index contributed by atoms with van der Waals surface area (Å²) in [5, 5.41) is 10.4. The molecule has 12 heteroatoms. The van der Waals surface area contributed by atoms with Crippen LogP contribution in [0.3, 0.4) is 0 Å². The van der Waals surface area contributed by atoms with Crippen LogP contribution in [0.2, 0.25) is 0 Å². The van der Waals surface area contributed by atoms with Crippen molar-refractivity contribution in [3.8, 4) is 0 Å². The fourth-order valence-corrected chi connectivity index (χ4v) is 2.78. The van der Waals surface area contributed by atoms with Crippen LogP contribution < -0.4 is 21.3 Å². The number of carbonyl (C=O) groups is 4. The predicted molar refractivity (Wildman–Crippen MR) is 132 cm³/mol. The molecule has 0 heterocycles. The topological polar surface area (TPSA) is 147 Å². The largest absolute Gasteiger partial charge is 0.444 e. The Labute approximate surface area is 209 Å². The summed E-state index contributed by atoms with van der Waals surface area (Å²) in [5.74, 6) is -0.424. The van der Waals surface area contributed by atoms with E-state index < -0.39 is 42.2 Å². The SMILES string of the molecule is CCCCNC(=O)OC(C)N(CCNC(=O)CNC(=O)OC(C)(C)C)C(C)OC(=O)NCCCC. The van der Waals surface area contributed by atoms with E-state index in [1.807, 2.05) is 13.8 Å². The molecule has 0 aliphatic heterocycles. The lowest BCUT2D eigenvalue weighted by Crippen LogP contribution is -2.50. The first kappa shape index (κ1) is 32.2. The van der Waals surface area contributed by atoms with Crippen LogP contribution >= 0.6 is 0 Å². The average Bonchev–Trinajstić information content (AvgIpc) is 2.74. The minimum Gasteiger partial charge on any atom is -0.444 e. The second kappa shape index (κ2) is 17.6. The Morgan fingerprint density at radius 2 is 1.23 bits per heavy atom. The highest BCUT2D eigenvalue weighted by atomic mass is 16.6. The number of nitrogens with zero attached hydrogens (tertiary/aromatic N) is 1. The molecule has 0 aromatic heterocycles. The van der Waals surface area contributed by atoms with E-state index in [0.717, 1.165) is 25.7 Å². The second-order valence-electron chi connectivity index (χ2n) is 9.01. The zero-order valence-electron chi connectivity index (χ0n) is 22.3. The number of hydrogen-bond acceptors (Lipinski definition) is 8. The van der Waals surface area contributed by atoms with Crippen molar-refractivity contribution in [2.45, 2.75) is 92.2 Å². The van der Waals surface area contributed by atoms with Crippen LogP contribution in [-0.2, 0) is 19.0 Å². The third-order valence-electron chi connectivity index (χ3n) is 4.57. The van der Waals surface area contributed by atoms with Gasteiger partial charge in [-0.1, -0.05) is 26.7 Å². The summed E-state index contributed by atoms with van der Waals surface area (Å²) in [6.07, 6.45) is 0.176. The molecule has 0 spiro atoms. The van der Waals surface area contributed by atoms with Crippen molar-refractivity contribution in [1.29, 1.82) is 0 Å². The van der Waals surface area contributed by atoms with Gasteiger partial charge in [0.2, 0.25) is 5.91 Å². The van der Waals surface area contributed by atoms with Gasteiger partial charge in [0.05, 0.1) is 6.54 Å². The van der Waals surface area contributed by atoms with E-state index in [-0.39, 0.29) is 19.6 Å². The molecule has 2 atom stereocenters. The van der Waals surface area contributed by atoms with E-state index in [4.69, 9.17) is 14.2 Å². The van der Waals surface area contributed by atoms with Crippen LogP contribution in [0.15, 0.2) is 0 Å². The Hall–Kier alpha value is -2.76. The van der Waals surface area contributed by atoms with Crippen LogP contribution in [-0.4, -0.2) is 79.9 Å². The summed E-state index contributed by atoms with van der Waals surface area (Å²) in [7, 11) is 0. The van der Waals surface area contributed by atoms with Gasteiger partial charge in [-0.05, 0) is 47.5 Å². The first-order valence-electron chi connectivity index (χ1n) is 12.3. The fraction of sp³-hybridized carbons (Fsp3) is 0.826. The number of hydrogen-bond donors (Lipinski definition) is 4. The van der Waals surface area contributed by atoms with Gasteiger partial charge in [-0.3, -0.25) is 4.79 Å². The summed E-state index contributed by atoms with van der Waals surface area (Å²) in [5.41, 5.74) is -0.668. The van der Waals surface area contributed by atoms with Crippen molar-refractivity contribution < 1.29 is 33.4 Å². The van der Waals surface area contributed by atoms with Gasteiger partial charge in [0.15, 0.2) is 12.5 Å². The van der Waals surface area contributed by atoms with Crippen molar-refractivity contribution in [1.82, 2.24) is 26.2 Å². The van der Waals surface area contributed by atoms with E-state index in [9.17, 15) is 19.2 Å². The number of carbonyl (C=O) groups excluding carboxylic acids is 4. The molecule has 0 aromatic rings. The zero-order chi connectivity index (χ0) is 26.9. The highest BCUT2D eigenvalue weighted by molar-refractivity contribution is 5.82. The summed E-state index contributed by atoms with van der Waals surface area (Å²) < 4.78 is 15.9. The Kier molecular flexibility index (Phi) is 16.3. The van der Waals surface area contributed by atoms with Gasteiger partial charge in [0, 0.05) is 26.2 Å². The van der Waals surface area contributed by atoms with E-state index in [0.29, 0.717) is 13.1 Å². The number of nitrogens with one attached hydrogen (secondary N) is 4. The molecular formula is C23H45N5O7. The standard InChI is InChI=1S/C23H45N5O7/c1-8-10-12-25-20(30)33-17(3)28(18(4)34-21(31)26-13-11-9-2)15-14-24-19(29)16-27-22(32)35-23(5,6)7/h17-18H,8-16H2,1-7H3,(H,24,29)(H,25,30)(H,26,31)(H,27,32).